The number of aryl methyl sites for hydroxylation is 1. The number of nitrogens with zero attached hydrogens (tertiary/aromatic N) is 3. The molecule has 0 unspecified atom stereocenters. The molecule has 0 atom stereocenters. The van der Waals surface area contributed by atoms with Gasteiger partial charge in [-0.3, -0.25) is 9.59 Å². The number of fused-ring (bicyclic) bond motifs is 1. The summed E-state index contributed by atoms with van der Waals surface area (Å²) in [6.07, 6.45) is 3.47. The Bertz CT molecular complexity index is 1250. The molecular formula is C22H18BrFN4O2. The first-order chi connectivity index (χ1) is 14.5. The number of hydrogen-bond acceptors (Lipinski definition) is 3. The summed E-state index contributed by atoms with van der Waals surface area (Å²) in [4.78, 5) is 24.9. The second-order valence-corrected chi connectivity index (χ2v) is 7.73. The van der Waals surface area contributed by atoms with Crippen LogP contribution >= 0.6 is 15.9 Å². The van der Waals surface area contributed by atoms with Crippen LogP contribution in [-0.2, 0) is 17.9 Å². The lowest BCUT2D eigenvalue weighted by Gasteiger charge is -2.08. The van der Waals surface area contributed by atoms with E-state index >= 15 is 0 Å². The summed E-state index contributed by atoms with van der Waals surface area (Å²) in [5, 5.41) is 7.23. The van der Waals surface area contributed by atoms with E-state index in [1.54, 1.807) is 30.6 Å². The maximum atomic E-state index is 13.1. The van der Waals surface area contributed by atoms with Gasteiger partial charge in [0, 0.05) is 41.9 Å². The van der Waals surface area contributed by atoms with Crippen LogP contribution in [0.1, 0.15) is 12.0 Å². The maximum absolute atomic E-state index is 13.1. The highest BCUT2D eigenvalue weighted by Crippen LogP contribution is 2.18. The van der Waals surface area contributed by atoms with Crippen molar-refractivity contribution < 1.29 is 9.18 Å². The molecule has 0 saturated heterocycles. The highest BCUT2D eigenvalue weighted by Gasteiger charge is 2.10. The zero-order valence-electron chi connectivity index (χ0n) is 15.9. The molecule has 1 N–H and O–H groups in total. The molecule has 0 aliphatic heterocycles. The van der Waals surface area contributed by atoms with Gasteiger partial charge in [0.05, 0.1) is 5.69 Å². The predicted octanol–water partition coefficient (Wildman–Crippen LogP) is 3.77. The van der Waals surface area contributed by atoms with Gasteiger partial charge in [-0.15, -0.1) is 0 Å². The van der Waals surface area contributed by atoms with Gasteiger partial charge in [0.2, 0.25) is 5.91 Å². The smallest absolute Gasteiger partial charge is 0.276 e. The highest BCUT2D eigenvalue weighted by atomic mass is 79.9. The van der Waals surface area contributed by atoms with E-state index in [1.165, 1.54) is 21.2 Å². The molecular weight excluding hydrogens is 451 g/mol. The number of carbonyl (C=O) groups is 1. The summed E-state index contributed by atoms with van der Waals surface area (Å²) < 4.78 is 17.1. The summed E-state index contributed by atoms with van der Waals surface area (Å²) in [6.45, 7) is 0.697. The van der Waals surface area contributed by atoms with Crippen LogP contribution in [0, 0.1) is 5.82 Å². The molecule has 0 radical (unpaired) electrons. The fourth-order valence-corrected chi connectivity index (χ4v) is 3.34. The first kappa shape index (κ1) is 20.0. The van der Waals surface area contributed by atoms with Crippen molar-refractivity contribution in [3.05, 3.63) is 93.2 Å². The Labute approximate surface area is 180 Å². The molecule has 2 aromatic carbocycles. The minimum Gasteiger partial charge on any atom is -0.352 e. The lowest BCUT2D eigenvalue weighted by atomic mass is 10.1. The number of nitrogens with one attached hydrogen (secondary N) is 1. The van der Waals surface area contributed by atoms with Crippen molar-refractivity contribution >= 4 is 27.4 Å². The van der Waals surface area contributed by atoms with Crippen molar-refractivity contribution in [2.45, 2.75) is 19.5 Å². The minimum atomic E-state index is -0.330. The topological polar surface area (TPSA) is 68.4 Å². The fraction of sp³-hybridized carbons (Fsp3) is 0.136. The molecule has 2 aromatic heterocycles. The average molecular weight is 469 g/mol. The molecule has 0 aliphatic carbocycles. The van der Waals surface area contributed by atoms with Gasteiger partial charge in [-0.25, -0.2) is 8.91 Å². The van der Waals surface area contributed by atoms with Crippen molar-refractivity contribution in [1.29, 1.82) is 0 Å². The van der Waals surface area contributed by atoms with Gasteiger partial charge in [-0.1, -0.05) is 28.1 Å². The minimum absolute atomic E-state index is 0.134. The SMILES string of the molecule is O=C(CCn1ccn2nc(-c3ccc(F)cc3)cc2c1=O)NCc1ccc(Br)cc1. The zero-order valence-corrected chi connectivity index (χ0v) is 17.5. The molecule has 30 heavy (non-hydrogen) atoms. The second kappa shape index (κ2) is 8.62. The molecule has 4 rings (SSSR count). The summed E-state index contributed by atoms with van der Waals surface area (Å²) >= 11 is 3.38. The van der Waals surface area contributed by atoms with Crippen LogP contribution in [0.3, 0.4) is 0 Å². The largest absolute Gasteiger partial charge is 0.352 e. The maximum Gasteiger partial charge on any atom is 0.276 e. The van der Waals surface area contributed by atoms with Gasteiger partial charge < -0.3 is 9.88 Å². The van der Waals surface area contributed by atoms with E-state index in [0.717, 1.165) is 15.6 Å². The first-order valence-electron chi connectivity index (χ1n) is 9.35. The van der Waals surface area contributed by atoms with Crippen LogP contribution in [0.25, 0.3) is 16.8 Å². The van der Waals surface area contributed by atoms with Gasteiger partial charge in [0.25, 0.3) is 5.56 Å². The third-order valence-corrected chi connectivity index (χ3v) is 5.25. The third-order valence-electron chi connectivity index (χ3n) is 4.73. The highest BCUT2D eigenvalue weighted by molar-refractivity contribution is 9.10. The number of halogens is 2. The Hall–Kier alpha value is -3.26. The van der Waals surface area contributed by atoms with Gasteiger partial charge in [0.15, 0.2) is 0 Å². The Morgan fingerprint density at radius 1 is 1.07 bits per heavy atom. The molecule has 8 heteroatoms. The zero-order chi connectivity index (χ0) is 21.1. The Morgan fingerprint density at radius 3 is 2.53 bits per heavy atom. The fourth-order valence-electron chi connectivity index (χ4n) is 3.08. The van der Waals surface area contributed by atoms with Crippen LogP contribution < -0.4 is 10.9 Å². The monoisotopic (exact) mass is 468 g/mol. The van der Waals surface area contributed by atoms with Crippen LogP contribution in [-0.4, -0.2) is 20.1 Å². The van der Waals surface area contributed by atoms with E-state index in [2.05, 4.69) is 26.3 Å². The van der Waals surface area contributed by atoms with E-state index in [9.17, 15) is 14.0 Å². The van der Waals surface area contributed by atoms with Crippen molar-refractivity contribution in [3.63, 3.8) is 0 Å². The number of amides is 1. The van der Waals surface area contributed by atoms with E-state index < -0.39 is 0 Å². The lowest BCUT2D eigenvalue weighted by molar-refractivity contribution is -0.121. The number of aromatic nitrogens is 3. The van der Waals surface area contributed by atoms with Crippen molar-refractivity contribution in [1.82, 2.24) is 19.5 Å². The quantitative estimate of drug-likeness (QED) is 0.468. The molecule has 2 heterocycles. The normalized spacial score (nSPS) is 11.0. The van der Waals surface area contributed by atoms with Gasteiger partial charge in [-0.2, -0.15) is 5.10 Å². The Kier molecular flexibility index (Phi) is 5.76. The second-order valence-electron chi connectivity index (χ2n) is 6.82. The van der Waals surface area contributed by atoms with Crippen LogP contribution in [0.4, 0.5) is 4.39 Å². The molecule has 0 saturated carbocycles. The number of hydrogen-bond donors (Lipinski definition) is 1. The Morgan fingerprint density at radius 2 is 1.80 bits per heavy atom. The molecule has 0 aliphatic rings. The molecule has 6 nitrogen and oxygen atoms in total. The average Bonchev–Trinajstić information content (AvgIpc) is 3.18. The standard InChI is InChI=1S/C22H18BrFN4O2/c23-17-5-1-15(2-6-17)14-25-21(29)9-10-27-11-12-28-20(22(27)30)13-19(26-28)16-3-7-18(24)8-4-16/h1-8,11-13H,9-10,14H2,(H,25,29). The molecule has 0 fully saturated rings. The van der Waals surface area contributed by atoms with Crippen LogP contribution in [0.2, 0.25) is 0 Å². The molecule has 152 valence electrons. The third kappa shape index (κ3) is 4.49. The van der Waals surface area contributed by atoms with E-state index in [-0.39, 0.29) is 30.2 Å². The summed E-state index contributed by atoms with van der Waals surface area (Å²) in [7, 11) is 0. The van der Waals surface area contributed by atoms with E-state index in [4.69, 9.17) is 0 Å². The number of carbonyl (C=O) groups excluding carboxylic acids is 1. The predicted molar refractivity (Wildman–Crippen MR) is 115 cm³/mol. The first-order valence-corrected chi connectivity index (χ1v) is 10.1. The van der Waals surface area contributed by atoms with Crippen LogP contribution in [0.5, 0.6) is 0 Å². The molecule has 4 aromatic rings. The van der Waals surface area contributed by atoms with E-state index in [0.29, 0.717) is 17.8 Å². The number of rotatable bonds is 6. The summed E-state index contributed by atoms with van der Waals surface area (Å²) in [5.74, 6) is -0.464. The number of benzene rings is 2. The van der Waals surface area contributed by atoms with Crippen LogP contribution in [0.15, 0.2) is 76.3 Å². The van der Waals surface area contributed by atoms with Crippen molar-refractivity contribution in [2.75, 3.05) is 0 Å². The summed E-state index contributed by atoms with van der Waals surface area (Å²) in [5.41, 5.74) is 2.46. The molecule has 0 spiro atoms. The molecule has 1 amide bonds. The lowest BCUT2D eigenvalue weighted by Crippen LogP contribution is -2.27. The van der Waals surface area contributed by atoms with Crippen molar-refractivity contribution in [2.24, 2.45) is 0 Å². The van der Waals surface area contributed by atoms with Gasteiger partial charge in [-0.05, 0) is 48.0 Å². The molecule has 0 bridgehead atoms. The van der Waals surface area contributed by atoms with Crippen molar-refractivity contribution in [3.8, 4) is 11.3 Å². The Balaban J connectivity index is 1.43. The van der Waals surface area contributed by atoms with Gasteiger partial charge in [0.1, 0.15) is 11.3 Å². The van der Waals surface area contributed by atoms with Gasteiger partial charge >= 0.3 is 0 Å². The summed E-state index contributed by atoms with van der Waals surface area (Å²) in [6, 6.07) is 15.3. The van der Waals surface area contributed by atoms with E-state index in [1.807, 2.05) is 24.3 Å².